The molecule has 4 atom stereocenters. The number of aryl methyl sites for hydroxylation is 2. The third-order valence-electron chi connectivity index (χ3n) is 20.6. The van der Waals surface area contributed by atoms with Gasteiger partial charge in [-0.05, 0) is 129 Å². The van der Waals surface area contributed by atoms with E-state index >= 15 is 0 Å². The van der Waals surface area contributed by atoms with Crippen molar-refractivity contribution < 1.29 is 47.8 Å². The maximum absolute atomic E-state index is 13.9. The number of nitrogens with one attached hydrogen (secondary N) is 3. The molecular weight excluding hydrogens is 1470 g/mol. The number of nitrogens with zero attached hydrogens (tertiary/aromatic N) is 15. The minimum absolute atomic E-state index is 0.0483. The van der Waals surface area contributed by atoms with Crippen molar-refractivity contribution in [1.82, 2.24) is 89.9 Å². The van der Waals surface area contributed by atoms with Crippen LogP contribution in [-0.2, 0) is 34.0 Å². The van der Waals surface area contributed by atoms with Gasteiger partial charge < -0.3 is 58.1 Å². The number of fused-ring (bicyclic) bond motifs is 3. The van der Waals surface area contributed by atoms with Crippen molar-refractivity contribution in [3.05, 3.63) is 227 Å². The number of piperidine rings is 3. The van der Waals surface area contributed by atoms with Crippen LogP contribution in [-0.4, -0.2) is 172 Å². The second-order valence-electron chi connectivity index (χ2n) is 28.1. The molecule has 6 aromatic heterocycles. The summed E-state index contributed by atoms with van der Waals surface area (Å²) in [5.74, 6) is 3.04. The summed E-state index contributed by atoms with van der Waals surface area (Å²) in [4.78, 5) is 106. The van der Waals surface area contributed by atoms with Gasteiger partial charge >= 0.3 is 0 Å². The van der Waals surface area contributed by atoms with Crippen LogP contribution in [0.4, 0.5) is 26.2 Å². The van der Waals surface area contributed by atoms with Gasteiger partial charge in [0.2, 0.25) is 5.91 Å². The molecule has 0 radical (unpaired) electrons. The molecule has 3 aliphatic rings. The first-order valence-electron chi connectivity index (χ1n) is 37.5. The summed E-state index contributed by atoms with van der Waals surface area (Å²) in [5, 5.41) is 44.1. The Morgan fingerprint density at radius 3 is 1.29 bits per heavy atom. The van der Waals surface area contributed by atoms with Gasteiger partial charge in [-0.2, -0.15) is 15.3 Å². The van der Waals surface area contributed by atoms with Gasteiger partial charge in [-0.1, -0.05) is 122 Å². The first-order valence-corrected chi connectivity index (χ1v) is 37.5. The Bertz CT molecular complexity index is 5710. The maximum Gasteiger partial charge on any atom is 0.298 e. The molecule has 12 aromatic rings. The van der Waals surface area contributed by atoms with Crippen molar-refractivity contribution in [2.45, 2.75) is 103 Å². The predicted molar refractivity (Wildman–Crippen MR) is 429 cm³/mol. The number of aromatic nitrogens is 12. The number of carbonyl (C=O) groups is 6. The first kappa shape index (κ1) is 79.4. The molecule has 6 aromatic carbocycles. The van der Waals surface area contributed by atoms with Crippen LogP contribution in [0.15, 0.2) is 171 Å². The van der Waals surface area contributed by atoms with Crippen LogP contribution >= 0.6 is 0 Å². The van der Waals surface area contributed by atoms with Crippen LogP contribution in [0.1, 0.15) is 122 Å². The first-order chi connectivity index (χ1) is 55.7. The molecule has 0 aliphatic carbocycles. The van der Waals surface area contributed by atoms with Gasteiger partial charge in [0.25, 0.3) is 29.5 Å². The lowest BCUT2D eigenvalue weighted by Crippen LogP contribution is -2.46. The van der Waals surface area contributed by atoms with E-state index in [0.29, 0.717) is 138 Å². The average Bonchev–Trinajstić information content (AvgIpc) is 1.62. The number of benzene rings is 6. The summed E-state index contributed by atoms with van der Waals surface area (Å²) in [7, 11) is 0. The molecule has 115 heavy (non-hydrogen) atoms. The Morgan fingerprint density at radius 2 is 0.896 bits per heavy atom. The highest BCUT2D eigenvalue weighted by molar-refractivity contribution is 6.02. The normalized spacial score (nSPS) is 15.6. The zero-order valence-electron chi connectivity index (χ0n) is 63.5. The molecule has 3 fully saturated rings. The van der Waals surface area contributed by atoms with Gasteiger partial charge in [-0.3, -0.25) is 28.8 Å². The quantitative estimate of drug-likeness (QED) is 0.0293. The molecule has 588 valence electrons. The van der Waals surface area contributed by atoms with Gasteiger partial charge in [0.05, 0.1) is 46.5 Å². The Hall–Kier alpha value is -13.7. The Labute approximate surface area is 659 Å². The fraction of sp³-hybridized carbons (Fsp3) is 0.274. The second-order valence-corrected chi connectivity index (χ2v) is 28.1. The van der Waals surface area contributed by atoms with Crippen LogP contribution in [0.5, 0.6) is 0 Å². The van der Waals surface area contributed by atoms with Crippen molar-refractivity contribution in [2.24, 2.45) is 0 Å². The zero-order chi connectivity index (χ0) is 81.0. The molecule has 29 nitrogen and oxygen atoms in total. The summed E-state index contributed by atoms with van der Waals surface area (Å²) in [5.41, 5.74) is 30.4. The number of anilines is 3. The van der Waals surface area contributed by atoms with Crippen LogP contribution < -0.4 is 33.2 Å². The fourth-order valence-electron chi connectivity index (χ4n) is 14.5. The molecule has 3 aliphatic heterocycles. The van der Waals surface area contributed by atoms with Crippen LogP contribution in [0, 0.1) is 37.3 Å². The number of aliphatic hydroxyl groups excluding tert-OH is 2. The molecule has 11 N–H and O–H groups in total. The minimum Gasteiger partial charge on any atom is -0.393 e. The molecule has 0 saturated carbocycles. The zero-order valence-corrected chi connectivity index (χ0v) is 63.5. The van der Waals surface area contributed by atoms with E-state index in [9.17, 15) is 47.8 Å². The van der Waals surface area contributed by atoms with Gasteiger partial charge in [-0.15, -0.1) is 0 Å². The molecule has 6 amide bonds. The molecule has 15 rings (SSSR count). The molecule has 31 heteroatoms. The van der Waals surface area contributed by atoms with Gasteiger partial charge in [0, 0.05) is 86.7 Å². The van der Waals surface area contributed by atoms with E-state index < -0.39 is 36.2 Å². The highest BCUT2D eigenvalue weighted by Gasteiger charge is 2.34. The molecule has 0 spiro atoms. The maximum atomic E-state index is 13.9. The number of amides is 6. The molecular formula is C84H85F2N21O8. The van der Waals surface area contributed by atoms with Crippen molar-refractivity contribution >= 4 is 86.0 Å². The van der Waals surface area contributed by atoms with Gasteiger partial charge in [0.15, 0.2) is 23.0 Å². The number of nitrogen functional groups attached to an aromatic ring is 3. The van der Waals surface area contributed by atoms with Crippen molar-refractivity contribution in [2.75, 3.05) is 63.1 Å². The monoisotopic (exact) mass is 1550 g/mol. The van der Waals surface area contributed by atoms with E-state index in [1.165, 1.54) is 25.1 Å². The van der Waals surface area contributed by atoms with E-state index in [2.05, 4.69) is 64.3 Å². The summed E-state index contributed by atoms with van der Waals surface area (Å²) in [6, 6.07) is 40.2. The number of carbonyl (C=O) groups excluding carboxylic acids is 6. The Morgan fingerprint density at radius 1 is 0.522 bits per heavy atom. The molecule has 4 unspecified atom stereocenters. The number of aliphatic hydroxyl groups is 2. The van der Waals surface area contributed by atoms with Crippen LogP contribution in [0.3, 0.4) is 0 Å². The average molecular weight is 1550 g/mol. The number of halogens is 2. The van der Waals surface area contributed by atoms with E-state index in [1.807, 2.05) is 126 Å². The van der Waals surface area contributed by atoms with Crippen LogP contribution in [0.25, 0.3) is 66.9 Å². The van der Waals surface area contributed by atoms with Crippen molar-refractivity contribution in [3.8, 4) is 45.6 Å². The summed E-state index contributed by atoms with van der Waals surface area (Å²) < 4.78 is 32.8. The van der Waals surface area contributed by atoms with E-state index in [0.717, 1.165) is 94.8 Å². The number of hydrogen-bond donors (Lipinski definition) is 8. The lowest BCUT2D eigenvalue weighted by molar-refractivity contribution is -0.143. The van der Waals surface area contributed by atoms with E-state index in [1.54, 1.807) is 44.5 Å². The third kappa shape index (κ3) is 17.8. The molecule has 3 saturated heterocycles. The minimum atomic E-state index is -1.44. The fourth-order valence-corrected chi connectivity index (χ4v) is 14.5. The van der Waals surface area contributed by atoms with Gasteiger partial charge in [-0.25, -0.2) is 52.7 Å². The molecule has 9 heterocycles. The SMILES string of the molecule is C=CC(=O)N1CCCC(n2nc(-c3ccc(CNC(=O)c4cc(F)ccc4F)cc3)c3c(N)ncnc32)C1.CC#CC(=O)N1CCCC(n2nc(-c3ccc(CNC(=O)c4ccccc4C)cc3)c3c(N)ncnc32)C1.Cc1ccccc1C(=O)NCc1ccc(-c2nn(C3CCCN(C(=O)C(O)CO)C3)c3ncnc(N)c23)cc1. The highest BCUT2D eigenvalue weighted by Crippen LogP contribution is 2.38. The van der Waals surface area contributed by atoms with E-state index in [-0.39, 0.29) is 53.9 Å². The van der Waals surface area contributed by atoms with Crippen molar-refractivity contribution in [3.63, 3.8) is 0 Å². The lowest BCUT2D eigenvalue weighted by Gasteiger charge is -2.33. The summed E-state index contributed by atoms with van der Waals surface area (Å²) >= 11 is 0. The third-order valence-corrected chi connectivity index (χ3v) is 20.6. The largest absolute Gasteiger partial charge is 0.393 e. The number of hydrogen-bond acceptors (Lipinski definition) is 20. The van der Waals surface area contributed by atoms with Crippen molar-refractivity contribution in [1.29, 1.82) is 0 Å². The number of likely N-dealkylation sites (tertiary alicyclic amines) is 3. The topological polar surface area (TPSA) is 398 Å². The lowest BCUT2D eigenvalue weighted by atomic mass is 10.0. The van der Waals surface area contributed by atoms with E-state index in [4.69, 9.17) is 32.5 Å². The Balaban J connectivity index is 0.000000150. The number of rotatable bonds is 18. The highest BCUT2D eigenvalue weighted by atomic mass is 19.1. The predicted octanol–water partition coefficient (Wildman–Crippen LogP) is 8.96. The number of nitrogens with two attached hydrogens (primary N) is 3. The van der Waals surface area contributed by atoms with Crippen LogP contribution in [0.2, 0.25) is 0 Å². The second kappa shape index (κ2) is 35.7. The van der Waals surface area contributed by atoms with Gasteiger partial charge in [0.1, 0.15) is 65.2 Å². The summed E-state index contributed by atoms with van der Waals surface area (Å²) in [6.07, 6.45) is 8.93. The summed E-state index contributed by atoms with van der Waals surface area (Å²) in [6.45, 7) is 12.5. The standard InChI is InChI=1S/C29H29N7O2.C28H31N7O4.C27H25F2N7O2/c1-3-7-24(37)35-15-6-9-22(17-35)36-28-25(27(30)32-18-33-28)26(34-36)21-13-11-20(12-14-21)16-31-29(38)23-10-5-4-8-19(23)2;1-17-5-2-3-7-21(17)27(38)30-13-18-8-10-19(11-9-18)24-23-25(29)31-16-32-26(23)35(33-24)20-6-4-12-34(14-20)28(39)22(37)15-36;1-2-22(37)35-11-3-4-19(14-35)36-26-23(25(30)32-15-33-26)24(34-36)17-7-5-16(6-8-17)13-31-27(38)20-12-18(28)9-10-21(20)29/h4-5,8,10-14,18,22H,6,9,15-17H2,1-2H3,(H,31,38)(H2,30,32,33);2-3,5,7-11,16,20,22,36-37H,4,6,12-15H2,1H3,(H,30,38)(H2,29,31,32);2,5-10,12,15,19H,1,3-4,11,13-14H2,(H,31,38)(H2,30,32,33). The smallest absolute Gasteiger partial charge is 0.298 e. The Kier molecular flexibility index (Phi) is 24.7. The molecule has 0 bridgehead atoms.